The molecule has 2 aromatic carbocycles. The number of ether oxygens (including phenoxy) is 1. The molecule has 0 N–H and O–H groups in total. The fourth-order valence-corrected chi connectivity index (χ4v) is 2.86. The Kier molecular flexibility index (Phi) is 6.27. The highest BCUT2D eigenvalue weighted by Crippen LogP contribution is 2.23. The van der Waals surface area contributed by atoms with E-state index in [2.05, 4.69) is 37.9 Å². The molecule has 0 saturated heterocycles. The first-order valence-corrected chi connectivity index (χ1v) is 9.52. The Morgan fingerprint density at radius 1 is 1.00 bits per heavy atom. The SMILES string of the molecule is CC(C)(C)c1ccc(CN(C(=O)COc2ccc(F)cc2)c2ccccn2)cc1. The van der Waals surface area contributed by atoms with Gasteiger partial charge in [-0.25, -0.2) is 9.37 Å². The van der Waals surface area contributed by atoms with Gasteiger partial charge in [-0.3, -0.25) is 9.69 Å². The third-order valence-corrected chi connectivity index (χ3v) is 4.56. The van der Waals surface area contributed by atoms with E-state index >= 15 is 0 Å². The van der Waals surface area contributed by atoms with E-state index in [4.69, 9.17) is 4.74 Å². The van der Waals surface area contributed by atoms with Gasteiger partial charge in [-0.2, -0.15) is 0 Å². The van der Waals surface area contributed by atoms with Crippen molar-refractivity contribution in [3.05, 3.63) is 89.9 Å². The summed E-state index contributed by atoms with van der Waals surface area (Å²) in [6.07, 6.45) is 1.65. The molecule has 29 heavy (non-hydrogen) atoms. The van der Waals surface area contributed by atoms with Crippen LogP contribution < -0.4 is 9.64 Å². The summed E-state index contributed by atoms with van der Waals surface area (Å²) in [5, 5.41) is 0. The molecule has 0 saturated carbocycles. The zero-order valence-corrected chi connectivity index (χ0v) is 16.9. The second kappa shape index (κ2) is 8.86. The van der Waals surface area contributed by atoms with Crippen LogP contribution in [0.15, 0.2) is 72.9 Å². The maximum atomic E-state index is 13.0. The quantitative estimate of drug-likeness (QED) is 0.584. The summed E-state index contributed by atoms with van der Waals surface area (Å²) in [7, 11) is 0. The van der Waals surface area contributed by atoms with Gasteiger partial charge in [0.05, 0.1) is 6.54 Å². The van der Waals surface area contributed by atoms with E-state index < -0.39 is 0 Å². The summed E-state index contributed by atoms with van der Waals surface area (Å²) in [4.78, 5) is 18.8. The number of benzene rings is 2. The van der Waals surface area contributed by atoms with E-state index in [1.807, 2.05) is 18.2 Å². The van der Waals surface area contributed by atoms with Crippen LogP contribution in [0.2, 0.25) is 0 Å². The van der Waals surface area contributed by atoms with Gasteiger partial charge in [0.25, 0.3) is 5.91 Å². The predicted molar refractivity (Wildman–Crippen MR) is 112 cm³/mol. The van der Waals surface area contributed by atoms with Gasteiger partial charge in [-0.05, 0) is 52.9 Å². The number of carbonyl (C=O) groups excluding carboxylic acids is 1. The molecule has 3 aromatic rings. The summed E-state index contributed by atoms with van der Waals surface area (Å²) in [5.41, 5.74) is 2.30. The van der Waals surface area contributed by atoms with Crippen LogP contribution >= 0.6 is 0 Å². The van der Waals surface area contributed by atoms with Crippen molar-refractivity contribution in [1.82, 2.24) is 4.98 Å². The summed E-state index contributed by atoms with van der Waals surface area (Å²) in [5.74, 6) is 0.417. The van der Waals surface area contributed by atoms with Gasteiger partial charge >= 0.3 is 0 Å². The van der Waals surface area contributed by atoms with Gasteiger partial charge in [0, 0.05) is 6.20 Å². The summed E-state index contributed by atoms with van der Waals surface area (Å²) >= 11 is 0. The van der Waals surface area contributed by atoms with E-state index in [-0.39, 0.29) is 23.7 Å². The molecule has 150 valence electrons. The second-order valence-electron chi connectivity index (χ2n) is 7.86. The van der Waals surface area contributed by atoms with Crippen LogP contribution in [0.4, 0.5) is 10.2 Å². The number of amides is 1. The Bertz CT molecular complexity index is 933. The van der Waals surface area contributed by atoms with Crippen LogP contribution in [-0.2, 0) is 16.8 Å². The standard InChI is InChI=1S/C24H25FN2O2/c1-24(2,3)19-9-7-18(8-10-19)16-27(22-6-4-5-15-26-22)23(28)17-29-21-13-11-20(25)12-14-21/h4-15H,16-17H2,1-3H3. The molecule has 0 unspecified atom stereocenters. The number of nitrogens with zero attached hydrogens (tertiary/aromatic N) is 2. The van der Waals surface area contributed by atoms with Gasteiger partial charge in [0.2, 0.25) is 0 Å². The Morgan fingerprint density at radius 3 is 2.28 bits per heavy atom. The van der Waals surface area contributed by atoms with Crippen LogP contribution in [0.25, 0.3) is 0 Å². The molecule has 5 heteroatoms. The molecule has 0 aliphatic carbocycles. The van der Waals surface area contributed by atoms with Gasteiger partial charge in [0.1, 0.15) is 17.4 Å². The average molecular weight is 392 g/mol. The highest BCUT2D eigenvalue weighted by atomic mass is 19.1. The van der Waals surface area contributed by atoms with Crippen LogP contribution in [-0.4, -0.2) is 17.5 Å². The van der Waals surface area contributed by atoms with Crippen molar-refractivity contribution in [2.24, 2.45) is 0 Å². The zero-order chi connectivity index (χ0) is 20.9. The highest BCUT2D eigenvalue weighted by molar-refractivity contribution is 5.93. The summed E-state index contributed by atoms with van der Waals surface area (Å²) in [6.45, 7) is 6.71. The highest BCUT2D eigenvalue weighted by Gasteiger charge is 2.19. The molecule has 0 fully saturated rings. The Labute approximate surface area is 171 Å². The third-order valence-electron chi connectivity index (χ3n) is 4.56. The largest absolute Gasteiger partial charge is 0.484 e. The normalized spacial score (nSPS) is 11.2. The topological polar surface area (TPSA) is 42.4 Å². The maximum Gasteiger partial charge on any atom is 0.266 e. The lowest BCUT2D eigenvalue weighted by Crippen LogP contribution is -2.35. The minimum Gasteiger partial charge on any atom is -0.484 e. The van der Waals surface area contributed by atoms with Crippen molar-refractivity contribution >= 4 is 11.7 Å². The Hall–Kier alpha value is -3.21. The molecule has 1 aromatic heterocycles. The van der Waals surface area contributed by atoms with Crippen molar-refractivity contribution in [3.8, 4) is 5.75 Å². The number of aromatic nitrogens is 1. The maximum absolute atomic E-state index is 13.0. The smallest absolute Gasteiger partial charge is 0.266 e. The van der Waals surface area contributed by atoms with Crippen molar-refractivity contribution in [1.29, 1.82) is 0 Å². The van der Waals surface area contributed by atoms with Crippen molar-refractivity contribution < 1.29 is 13.9 Å². The first-order chi connectivity index (χ1) is 13.8. The Morgan fingerprint density at radius 2 is 1.69 bits per heavy atom. The molecular formula is C24H25FN2O2. The van der Waals surface area contributed by atoms with Gasteiger partial charge in [-0.1, -0.05) is 51.1 Å². The Balaban J connectivity index is 1.76. The molecule has 0 aliphatic heterocycles. The minimum atomic E-state index is -0.350. The van der Waals surface area contributed by atoms with E-state index in [1.54, 1.807) is 23.2 Å². The van der Waals surface area contributed by atoms with Crippen LogP contribution in [0, 0.1) is 5.82 Å². The fraction of sp³-hybridized carbons (Fsp3) is 0.250. The number of carbonyl (C=O) groups is 1. The van der Waals surface area contributed by atoms with Crippen LogP contribution in [0.1, 0.15) is 31.9 Å². The molecule has 0 spiro atoms. The number of rotatable bonds is 6. The van der Waals surface area contributed by atoms with Gasteiger partial charge in [-0.15, -0.1) is 0 Å². The molecule has 1 amide bonds. The van der Waals surface area contributed by atoms with E-state index in [0.29, 0.717) is 18.1 Å². The third kappa shape index (κ3) is 5.64. The molecule has 1 heterocycles. The number of pyridine rings is 1. The van der Waals surface area contributed by atoms with Gasteiger partial charge < -0.3 is 4.74 Å². The number of hydrogen-bond acceptors (Lipinski definition) is 3. The number of hydrogen-bond donors (Lipinski definition) is 0. The van der Waals surface area contributed by atoms with E-state index in [0.717, 1.165) is 5.56 Å². The van der Waals surface area contributed by atoms with Gasteiger partial charge in [0.15, 0.2) is 6.61 Å². The molecular weight excluding hydrogens is 367 g/mol. The van der Waals surface area contributed by atoms with Crippen LogP contribution in [0.5, 0.6) is 5.75 Å². The average Bonchev–Trinajstić information content (AvgIpc) is 2.72. The molecule has 0 radical (unpaired) electrons. The lowest BCUT2D eigenvalue weighted by Gasteiger charge is -2.23. The first kappa shape index (κ1) is 20.5. The number of halogens is 1. The van der Waals surface area contributed by atoms with Crippen molar-refractivity contribution in [3.63, 3.8) is 0 Å². The summed E-state index contributed by atoms with van der Waals surface area (Å²) < 4.78 is 18.6. The molecule has 0 atom stereocenters. The molecule has 3 rings (SSSR count). The van der Waals surface area contributed by atoms with Crippen LogP contribution in [0.3, 0.4) is 0 Å². The fourth-order valence-electron chi connectivity index (χ4n) is 2.86. The molecule has 0 aliphatic rings. The lowest BCUT2D eigenvalue weighted by molar-refractivity contribution is -0.120. The second-order valence-corrected chi connectivity index (χ2v) is 7.86. The summed E-state index contributed by atoms with van der Waals surface area (Å²) in [6, 6.07) is 19.3. The van der Waals surface area contributed by atoms with Crippen molar-refractivity contribution in [2.45, 2.75) is 32.7 Å². The van der Waals surface area contributed by atoms with E-state index in [1.165, 1.54) is 29.8 Å². The monoisotopic (exact) mass is 392 g/mol. The molecule has 4 nitrogen and oxygen atoms in total. The first-order valence-electron chi connectivity index (χ1n) is 9.52. The number of anilines is 1. The van der Waals surface area contributed by atoms with E-state index in [9.17, 15) is 9.18 Å². The van der Waals surface area contributed by atoms with Crippen molar-refractivity contribution in [2.75, 3.05) is 11.5 Å². The zero-order valence-electron chi connectivity index (χ0n) is 16.9. The predicted octanol–water partition coefficient (Wildman–Crippen LogP) is 5.13. The lowest BCUT2D eigenvalue weighted by atomic mass is 9.87. The molecule has 0 bridgehead atoms. The minimum absolute atomic E-state index is 0.0675.